The van der Waals surface area contributed by atoms with E-state index in [1.165, 1.54) is 25.7 Å². The fraction of sp³-hybridized carbons (Fsp3) is 0.917. The Morgan fingerprint density at radius 2 is 2.27 bits per heavy atom. The summed E-state index contributed by atoms with van der Waals surface area (Å²) in [6.07, 6.45) is 5.98. The smallest absolute Gasteiger partial charge is 0.224 e. The minimum Gasteiger partial charge on any atom is -0.353 e. The van der Waals surface area contributed by atoms with Gasteiger partial charge in [0.2, 0.25) is 5.91 Å². The Morgan fingerprint density at radius 3 is 2.93 bits per heavy atom. The highest BCUT2D eigenvalue weighted by Crippen LogP contribution is 2.28. The van der Waals surface area contributed by atoms with Crippen LogP contribution in [0, 0.1) is 11.8 Å². The fourth-order valence-electron chi connectivity index (χ4n) is 2.89. The molecule has 0 radical (unpaired) electrons. The van der Waals surface area contributed by atoms with E-state index in [0.717, 1.165) is 25.4 Å². The quantitative estimate of drug-likeness (QED) is 0.737. The lowest BCUT2D eigenvalue weighted by Crippen LogP contribution is -2.41. The standard InChI is InChI=1S/C12H22N2O/c1-2-9-4-3-5-11(9)14-12(15)10-6-7-13-8-10/h9-11,13H,2-8H2,1H3,(H,14,15)/t9?,10-,11?/m1/s1. The first kappa shape index (κ1) is 10.9. The molecule has 0 aromatic carbocycles. The molecular formula is C12H22N2O. The van der Waals surface area contributed by atoms with E-state index in [0.29, 0.717) is 6.04 Å². The van der Waals surface area contributed by atoms with Gasteiger partial charge in [0, 0.05) is 12.6 Å². The van der Waals surface area contributed by atoms with Crippen LogP contribution in [0.25, 0.3) is 0 Å². The summed E-state index contributed by atoms with van der Waals surface area (Å²) in [4.78, 5) is 11.9. The summed E-state index contributed by atoms with van der Waals surface area (Å²) < 4.78 is 0. The van der Waals surface area contributed by atoms with Gasteiger partial charge in [-0.2, -0.15) is 0 Å². The van der Waals surface area contributed by atoms with Crippen molar-refractivity contribution in [3.05, 3.63) is 0 Å². The van der Waals surface area contributed by atoms with Crippen LogP contribution in [0.5, 0.6) is 0 Å². The minimum atomic E-state index is 0.225. The maximum Gasteiger partial charge on any atom is 0.224 e. The van der Waals surface area contributed by atoms with E-state index in [1.54, 1.807) is 0 Å². The van der Waals surface area contributed by atoms with Crippen LogP contribution in [-0.4, -0.2) is 25.0 Å². The third kappa shape index (κ3) is 2.51. The fourth-order valence-corrected chi connectivity index (χ4v) is 2.89. The molecule has 0 aromatic heterocycles. The monoisotopic (exact) mass is 210 g/mol. The van der Waals surface area contributed by atoms with E-state index in [2.05, 4.69) is 17.6 Å². The van der Waals surface area contributed by atoms with Crippen molar-refractivity contribution in [2.75, 3.05) is 13.1 Å². The zero-order chi connectivity index (χ0) is 10.7. The minimum absolute atomic E-state index is 0.225. The van der Waals surface area contributed by atoms with Crippen molar-refractivity contribution in [2.45, 2.75) is 45.1 Å². The highest BCUT2D eigenvalue weighted by Gasteiger charge is 2.30. The summed E-state index contributed by atoms with van der Waals surface area (Å²) in [7, 11) is 0. The van der Waals surface area contributed by atoms with Crippen LogP contribution >= 0.6 is 0 Å². The lowest BCUT2D eigenvalue weighted by Gasteiger charge is -2.21. The van der Waals surface area contributed by atoms with Gasteiger partial charge in [0.05, 0.1) is 5.92 Å². The molecule has 1 saturated heterocycles. The Morgan fingerprint density at radius 1 is 1.40 bits per heavy atom. The molecule has 3 atom stereocenters. The first-order valence-electron chi connectivity index (χ1n) is 6.32. The second-order valence-corrected chi connectivity index (χ2v) is 4.90. The van der Waals surface area contributed by atoms with Gasteiger partial charge in [0.1, 0.15) is 0 Å². The summed E-state index contributed by atoms with van der Waals surface area (Å²) in [6, 6.07) is 0.461. The van der Waals surface area contributed by atoms with Crippen molar-refractivity contribution < 1.29 is 4.79 Å². The number of nitrogens with one attached hydrogen (secondary N) is 2. The normalized spacial score (nSPS) is 35.7. The molecule has 0 spiro atoms. The first-order chi connectivity index (χ1) is 7.31. The third-order valence-electron chi connectivity index (χ3n) is 3.94. The Kier molecular flexibility index (Phi) is 3.62. The number of rotatable bonds is 3. The number of carbonyl (C=O) groups excluding carboxylic acids is 1. The molecule has 0 aromatic rings. The average Bonchev–Trinajstić information content (AvgIpc) is 2.87. The lowest BCUT2D eigenvalue weighted by atomic mass is 9.99. The molecule has 3 nitrogen and oxygen atoms in total. The van der Waals surface area contributed by atoms with Crippen LogP contribution < -0.4 is 10.6 Å². The molecule has 2 N–H and O–H groups in total. The SMILES string of the molecule is CCC1CCCC1NC(=O)[C@@H]1CCNC1. The molecule has 1 aliphatic heterocycles. The van der Waals surface area contributed by atoms with Gasteiger partial charge in [-0.25, -0.2) is 0 Å². The van der Waals surface area contributed by atoms with Crippen molar-refractivity contribution in [1.29, 1.82) is 0 Å². The largest absolute Gasteiger partial charge is 0.353 e. The van der Waals surface area contributed by atoms with Gasteiger partial charge >= 0.3 is 0 Å². The van der Waals surface area contributed by atoms with Gasteiger partial charge in [0.25, 0.3) is 0 Å². The van der Waals surface area contributed by atoms with Crippen molar-refractivity contribution in [2.24, 2.45) is 11.8 Å². The molecule has 15 heavy (non-hydrogen) atoms. The second-order valence-electron chi connectivity index (χ2n) is 4.90. The van der Waals surface area contributed by atoms with Gasteiger partial charge in [-0.05, 0) is 31.7 Å². The van der Waals surface area contributed by atoms with Crippen LogP contribution in [0.1, 0.15) is 39.0 Å². The summed E-state index contributed by atoms with van der Waals surface area (Å²) >= 11 is 0. The molecule has 0 bridgehead atoms. The number of hydrogen-bond acceptors (Lipinski definition) is 2. The van der Waals surface area contributed by atoms with Crippen molar-refractivity contribution >= 4 is 5.91 Å². The van der Waals surface area contributed by atoms with Crippen LogP contribution in [-0.2, 0) is 4.79 Å². The lowest BCUT2D eigenvalue weighted by molar-refractivity contribution is -0.125. The number of hydrogen-bond donors (Lipinski definition) is 2. The topological polar surface area (TPSA) is 41.1 Å². The summed E-state index contributed by atoms with van der Waals surface area (Å²) in [5, 5.41) is 6.49. The van der Waals surface area contributed by atoms with E-state index in [-0.39, 0.29) is 11.8 Å². The highest BCUT2D eigenvalue weighted by atomic mass is 16.2. The van der Waals surface area contributed by atoms with E-state index in [1.807, 2.05) is 0 Å². The van der Waals surface area contributed by atoms with Crippen LogP contribution in [0.3, 0.4) is 0 Å². The second kappa shape index (κ2) is 4.97. The molecular weight excluding hydrogens is 188 g/mol. The van der Waals surface area contributed by atoms with E-state index in [9.17, 15) is 4.79 Å². The molecule has 2 unspecified atom stereocenters. The predicted octanol–water partition coefficient (Wildman–Crippen LogP) is 1.29. The molecule has 2 fully saturated rings. The van der Waals surface area contributed by atoms with Gasteiger partial charge in [-0.3, -0.25) is 4.79 Å². The van der Waals surface area contributed by atoms with Gasteiger partial charge in [-0.1, -0.05) is 19.8 Å². The first-order valence-corrected chi connectivity index (χ1v) is 6.32. The Labute approximate surface area is 92.0 Å². The Balaban J connectivity index is 1.82. The summed E-state index contributed by atoms with van der Waals surface area (Å²) in [5.41, 5.74) is 0. The van der Waals surface area contributed by atoms with Crippen LogP contribution in [0.2, 0.25) is 0 Å². The Hall–Kier alpha value is -0.570. The van der Waals surface area contributed by atoms with Gasteiger partial charge in [-0.15, -0.1) is 0 Å². The summed E-state index contributed by atoms with van der Waals surface area (Å²) in [6.45, 7) is 4.10. The molecule has 86 valence electrons. The molecule has 1 aliphatic carbocycles. The van der Waals surface area contributed by atoms with E-state index >= 15 is 0 Å². The third-order valence-corrected chi connectivity index (χ3v) is 3.94. The summed E-state index contributed by atoms with van der Waals surface area (Å²) in [5.74, 6) is 1.23. The zero-order valence-corrected chi connectivity index (χ0v) is 9.59. The predicted molar refractivity (Wildman–Crippen MR) is 60.5 cm³/mol. The van der Waals surface area contributed by atoms with Crippen LogP contribution in [0.4, 0.5) is 0 Å². The van der Waals surface area contributed by atoms with Crippen molar-refractivity contribution in [1.82, 2.24) is 10.6 Å². The van der Waals surface area contributed by atoms with E-state index < -0.39 is 0 Å². The van der Waals surface area contributed by atoms with E-state index in [4.69, 9.17) is 0 Å². The van der Waals surface area contributed by atoms with Crippen molar-refractivity contribution in [3.63, 3.8) is 0 Å². The molecule has 3 heteroatoms. The molecule has 1 heterocycles. The van der Waals surface area contributed by atoms with Crippen LogP contribution in [0.15, 0.2) is 0 Å². The number of carbonyl (C=O) groups is 1. The van der Waals surface area contributed by atoms with Crippen molar-refractivity contribution in [3.8, 4) is 0 Å². The van der Waals surface area contributed by atoms with Gasteiger partial charge < -0.3 is 10.6 Å². The molecule has 2 aliphatic rings. The van der Waals surface area contributed by atoms with Gasteiger partial charge in [0.15, 0.2) is 0 Å². The molecule has 2 rings (SSSR count). The number of amides is 1. The highest BCUT2D eigenvalue weighted by molar-refractivity contribution is 5.79. The maximum atomic E-state index is 11.9. The maximum absolute atomic E-state index is 11.9. The molecule has 1 saturated carbocycles. The average molecular weight is 210 g/mol. The molecule has 1 amide bonds. The Bertz CT molecular complexity index is 224. The zero-order valence-electron chi connectivity index (χ0n) is 9.59.